The van der Waals surface area contributed by atoms with Crippen LogP contribution in [0.3, 0.4) is 0 Å². The van der Waals surface area contributed by atoms with Crippen LogP contribution in [0.1, 0.15) is 84.3 Å². The molecule has 0 atom stereocenters. The van der Waals surface area contributed by atoms with Gasteiger partial charge in [-0.1, -0.05) is 27.7 Å². The van der Waals surface area contributed by atoms with Crippen LogP contribution in [0.25, 0.3) is 0 Å². The first-order valence-corrected chi connectivity index (χ1v) is 10.6. The van der Waals surface area contributed by atoms with Crippen molar-refractivity contribution in [3.63, 3.8) is 0 Å². The molecule has 0 aliphatic rings. The number of hydrogen-bond donors (Lipinski definition) is 1. The number of rotatable bonds is 12. The highest BCUT2D eigenvalue weighted by Crippen LogP contribution is 2.44. The molecule has 170 valence electrons. The van der Waals surface area contributed by atoms with Crippen LogP contribution >= 0.6 is 0 Å². The zero-order valence-corrected chi connectivity index (χ0v) is 19.6. The average molecular weight is 423 g/mol. The molecule has 0 unspecified atom stereocenters. The van der Waals surface area contributed by atoms with Crippen LogP contribution in [0.2, 0.25) is 0 Å². The summed E-state index contributed by atoms with van der Waals surface area (Å²) in [6.07, 6.45) is 3.55. The zero-order chi connectivity index (χ0) is 22.9. The molecule has 30 heavy (non-hydrogen) atoms. The Kier molecular flexibility index (Phi) is 9.66. The summed E-state index contributed by atoms with van der Waals surface area (Å²) < 4.78 is 15.4. The standard InChI is InChI=1S/C24H38O6/c1-8-30-20-16-17(23(2,3)13-9-11-21(26)28-6)19(25)15-18(20)24(4,5)14-10-12-22(27)29-7/h15-16,25H,8-14H2,1-7H3. The van der Waals surface area contributed by atoms with Crippen LogP contribution in [-0.2, 0) is 29.9 Å². The molecule has 1 N–H and O–H groups in total. The number of hydrogen-bond acceptors (Lipinski definition) is 6. The molecule has 0 heterocycles. The number of esters is 2. The van der Waals surface area contributed by atoms with Gasteiger partial charge in [-0.2, -0.15) is 0 Å². The van der Waals surface area contributed by atoms with Crippen molar-refractivity contribution in [2.75, 3.05) is 20.8 Å². The van der Waals surface area contributed by atoms with Gasteiger partial charge in [-0.3, -0.25) is 9.59 Å². The van der Waals surface area contributed by atoms with Crippen molar-refractivity contribution < 1.29 is 28.9 Å². The lowest BCUT2D eigenvalue weighted by Crippen LogP contribution is -2.22. The summed E-state index contributed by atoms with van der Waals surface area (Å²) in [5.74, 6) is 0.517. The van der Waals surface area contributed by atoms with Crippen LogP contribution in [-0.4, -0.2) is 37.9 Å². The van der Waals surface area contributed by atoms with E-state index in [1.54, 1.807) is 6.07 Å². The third kappa shape index (κ3) is 7.22. The summed E-state index contributed by atoms with van der Waals surface area (Å²) in [5, 5.41) is 10.9. The molecule has 1 aromatic rings. The van der Waals surface area contributed by atoms with Crippen molar-refractivity contribution >= 4 is 11.9 Å². The fourth-order valence-electron chi connectivity index (χ4n) is 3.74. The maximum atomic E-state index is 11.4. The van der Waals surface area contributed by atoms with Gasteiger partial charge in [0.15, 0.2) is 0 Å². The third-order valence-corrected chi connectivity index (χ3v) is 5.68. The number of phenolic OH excluding ortho intramolecular Hbond substituents is 1. The van der Waals surface area contributed by atoms with Crippen LogP contribution in [0, 0.1) is 0 Å². The smallest absolute Gasteiger partial charge is 0.305 e. The largest absolute Gasteiger partial charge is 0.508 e. The minimum atomic E-state index is -0.336. The maximum Gasteiger partial charge on any atom is 0.305 e. The zero-order valence-electron chi connectivity index (χ0n) is 19.6. The lowest BCUT2D eigenvalue weighted by atomic mass is 9.75. The topological polar surface area (TPSA) is 82.1 Å². The molecule has 6 heteroatoms. The van der Waals surface area contributed by atoms with Gasteiger partial charge < -0.3 is 19.3 Å². The van der Waals surface area contributed by atoms with Gasteiger partial charge in [0.2, 0.25) is 0 Å². The molecule has 0 bridgehead atoms. The number of benzene rings is 1. The summed E-state index contributed by atoms with van der Waals surface area (Å²) >= 11 is 0. The molecule has 1 aromatic carbocycles. The lowest BCUT2D eigenvalue weighted by Gasteiger charge is -2.31. The molecule has 0 aromatic heterocycles. The second-order valence-electron chi connectivity index (χ2n) is 8.93. The van der Waals surface area contributed by atoms with E-state index in [1.165, 1.54) is 14.2 Å². The number of carbonyl (C=O) groups excluding carboxylic acids is 2. The first-order chi connectivity index (χ1) is 14.0. The average Bonchev–Trinajstić information content (AvgIpc) is 2.68. The van der Waals surface area contributed by atoms with E-state index in [0.717, 1.165) is 29.7 Å². The lowest BCUT2D eigenvalue weighted by molar-refractivity contribution is -0.141. The Hall–Kier alpha value is -2.24. The van der Waals surface area contributed by atoms with Gasteiger partial charge in [-0.25, -0.2) is 0 Å². The molecule has 0 aliphatic heterocycles. The Morgan fingerprint density at radius 2 is 1.33 bits per heavy atom. The van der Waals surface area contributed by atoms with Crippen molar-refractivity contribution in [2.45, 2.75) is 84.0 Å². The van der Waals surface area contributed by atoms with Crippen LogP contribution < -0.4 is 4.74 Å². The summed E-state index contributed by atoms with van der Waals surface area (Å²) in [4.78, 5) is 22.9. The molecule has 0 saturated heterocycles. The quantitative estimate of drug-likeness (QED) is 0.476. The van der Waals surface area contributed by atoms with E-state index in [9.17, 15) is 14.7 Å². The Balaban J connectivity index is 3.13. The van der Waals surface area contributed by atoms with Crippen LogP contribution in [0.4, 0.5) is 0 Å². The van der Waals surface area contributed by atoms with E-state index >= 15 is 0 Å². The predicted octanol–water partition coefficient (Wildman–Crippen LogP) is 5.03. The Bertz CT molecular complexity index is 721. The van der Waals surface area contributed by atoms with Crippen molar-refractivity contribution in [3.05, 3.63) is 23.3 Å². The fraction of sp³-hybridized carbons (Fsp3) is 0.667. The molecule has 0 radical (unpaired) electrons. The monoisotopic (exact) mass is 422 g/mol. The Morgan fingerprint density at radius 3 is 1.77 bits per heavy atom. The van der Waals surface area contributed by atoms with E-state index in [-0.39, 0.29) is 28.5 Å². The molecule has 0 aliphatic carbocycles. The van der Waals surface area contributed by atoms with Gasteiger partial charge >= 0.3 is 11.9 Å². The van der Waals surface area contributed by atoms with Crippen molar-refractivity contribution in [1.29, 1.82) is 0 Å². The first-order valence-electron chi connectivity index (χ1n) is 10.6. The summed E-state index contributed by atoms with van der Waals surface area (Å²) in [6.45, 7) is 10.7. The molecule has 0 spiro atoms. The number of phenols is 1. The van der Waals surface area contributed by atoms with Gasteiger partial charge in [0.1, 0.15) is 11.5 Å². The number of methoxy groups -OCH3 is 2. The maximum absolute atomic E-state index is 11.4. The SMILES string of the molecule is CCOc1cc(C(C)(C)CCCC(=O)OC)c(O)cc1C(C)(C)CCCC(=O)OC. The van der Waals surface area contributed by atoms with Gasteiger partial charge in [0.25, 0.3) is 0 Å². The van der Waals surface area contributed by atoms with Crippen LogP contribution in [0.15, 0.2) is 12.1 Å². The normalized spacial score (nSPS) is 11.8. The predicted molar refractivity (Wildman–Crippen MR) is 117 cm³/mol. The third-order valence-electron chi connectivity index (χ3n) is 5.68. The van der Waals surface area contributed by atoms with E-state index in [2.05, 4.69) is 27.7 Å². The number of carbonyl (C=O) groups is 2. The van der Waals surface area contributed by atoms with E-state index in [0.29, 0.717) is 32.3 Å². The molecule has 0 fully saturated rings. The molecule has 0 amide bonds. The highest BCUT2D eigenvalue weighted by Gasteiger charge is 2.30. The molecular weight excluding hydrogens is 384 g/mol. The fourth-order valence-corrected chi connectivity index (χ4v) is 3.74. The molecule has 6 nitrogen and oxygen atoms in total. The summed E-state index contributed by atoms with van der Waals surface area (Å²) in [5.41, 5.74) is 1.09. The Labute approximate surface area is 180 Å². The molecule has 1 rings (SSSR count). The van der Waals surface area contributed by atoms with Gasteiger partial charge in [-0.15, -0.1) is 0 Å². The number of ether oxygens (including phenoxy) is 3. The highest BCUT2D eigenvalue weighted by molar-refractivity contribution is 5.69. The van der Waals surface area contributed by atoms with Crippen molar-refractivity contribution in [3.8, 4) is 11.5 Å². The summed E-state index contributed by atoms with van der Waals surface area (Å²) in [6, 6.07) is 3.72. The molecular formula is C24H38O6. The second-order valence-corrected chi connectivity index (χ2v) is 8.93. The van der Waals surface area contributed by atoms with E-state index in [4.69, 9.17) is 14.2 Å². The highest BCUT2D eigenvalue weighted by atomic mass is 16.5. The van der Waals surface area contributed by atoms with Crippen molar-refractivity contribution in [2.24, 2.45) is 0 Å². The van der Waals surface area contributed by atoms with E-state index in [1.807, 2.05) is 13.0 Å². The van der Waals surface area contributed by atoms with Gasteiger partial charge in [0.05, 0.1) is 20.8 Å². The van der Waals surface area contributed by atoms with Gasteiger partial charge in [0, 0.05) is 24.0 Å². The second kappa shape index (κ2) is 11.2. The summed E-state index contributed by atoms with van der Waals surface area (Å²) in [7, 11) is 2.78. The minimum Gasteiger partial charge on any atom is -0.508 e. The van der Waals surface area contributed by atoms with Gasteiger partial charge in [-0.05, 0) is 55.6 Å². The minimum absolute atomic E-state index is 0.220. The molecule has 0 saturated carbocycles. The van der Waals surface area contributed by atoms with Crippen LogP contribution in [0.5, 0.6) is 11.5 Å². The van der Waals surface area contributed by atoms with Crippen molar-refractivity contribution in [1.82, 2.24) is 0 Å². The van der Waals surface area contributed by atoms with E-state index < -0.39 is 0 Å². The Morgan fingerprint density at radius 1 is 0.867 bits per heavy atom. The first kappa shape index (κ1) is 25.8. The number of aromatic hydroxyl groups is 1.